The summed E-state index contributed by atoms with van der Waals surface area (Å²) in [6.45, 7) is 2.08. The van der Waals surface area contributed by atoms with E-state index in [0.29, 0.717) is 0 Å². The van der Waals surface area contributed by atoms with E-state index in [9.17, 15) is 9.59 Å². The number of thioether (sulfide) groups is 1. The van der Waals surface area contributed by atoms with Crippen molar-refractivity contribution >= 4 is 50.9 Å². The van der Waals surface area contributed by atoms with Crippen LogP contribution in [0.1, 0.15) is 6.92 Å². The number of benzene rings is 1. The Morgan fingerprint density at radius 1 is 1.19 bits per heavy atom. The van der Waals surface area contributed by atoms with Gasteiger partial charge in [-0.25, -0.2) is 14.6 Å². The Morgan fingerprint density at radius 3 is 2.67 bits per heavy atom. The van der Waals surface area contributed by atoms with Crippen LogP contribution in [0.15, 0.2) is 58.2 Å². The van der Waals surface area contributed by atoms with E-state index < -0.39 is 11.9 Å². The van der Waals surface area contributed by atoms with Crippen LogP contribution in [-0.4, -0.2) is 36.9 Å². The number of carbonyl (C=O) groups is 2. The Morgan fingerprint density at radius 2 is 1.96 bits per heavy atom. The molecule has 1 aromatic carbocycles. The van der Waals surface area contributed by atoms with Crippen molar-refractivity contribution in [3.05, 3.63) is 53.9 Å². The number of anilines is 1. The second kappa shape index (κ2) is 8.41. The number of rotatable bonds is 5. The second-order valence-electron chi connectivity index (χ2n) is 5.38. The maximum absolute atomic E-state index is 12.5. The molecule has 0 fully saturated rings. The lowest BCUT2D eigenvalue weighted by Gasteiger charge is -2.23. The highest BCUT2D eigenvalue weighted by molar-refractivity contribution is 8.01. The summed E-state index contributed by atoms with van der Waals surface area (Å²) >= 11 is 3.28. The predicted octanol–water partition coefficient (Wildman–Crippen LogP) is 3.90. The van der Waals surface area contributed by atoms with Crippen molar-refractivity contribution in [3.8, 4) is 0 Å². The smallest absolute Gasteiger partial charge is 0.355 e. The Kier molecular flexibility index (Phi) is 5.98. The van der Waals surface area contributed by atoms with Gasteiger partial charge in [0.25, 0.3) is 0 Å². The summed E-state index contributed by atoms with van der Waals surface area (Å²) in [5.74, 6) is -0.288. The number of hydrogen-bond donors (Lipinski definition) is 0. The zero-order chi connectivity index (χ0) is 19.4. The Balaban J connectivity index is 2.13. The molecule has 8 heteroatoms. The average molecular weight is 402 g/mol. The molecule has 1 aliphatic heterocycles. The molecule has 1 aromatic heterocycles. The van der Waals surface area contributed by atoms with Gasteiger partial charge in [-0.15, -0.1) is 11.3 Å². The molecule has 0 saturated carbocycles. The maximum atomic E-state index is 12.5. The summed E-state index contributed by atoms with van der Waals surface area (Å²) in [7, 11) is 2.55. The molecule has 0 saturated heterocycles. The number of nitrogens with zero attached hydrogens (tertiary/aromatic N) is 2. The molecule has 0 aliphatic carbocycles. The predicted molar refractivity (Wildman–Crippen MR) is 108 cm³/mol. The molecule has 0 radical (unpaired) electrons. The molecule has 0 amide bonds. The SMILES string of the molecule is CCSc1nc2ccc(N3C=CC=CC(C(=O)OC)=C3C(=O)OC)cc2s1. The fraction of sp³-hybridized carbons (Fsp3) is 0.211. The third kappa shape index (κ3) is 3.91. The quantitative estimate of drug-likeness (QED) is 0.555. The fourth-order valence-corrected chi connectivity index (χ4v) is 4.59. The molecular formula is C19H18N2O4S2. The molecule has 0 spiro atoms. The standard InChI is InChI=1S/C19H18N2O4S2/c1-4-26-19-20-14-9-8-12(11-15(14)27-19)21-10-6-5-7-13(17(22)24-2)16(21)18(23)25-3/h5-11H,4H2,1-3H3. The summed E-state index contributed by atoms with van der Waals surface area (Å²) < 4.78 is 11.7. The third-order valence-electron chi connectivity index (χ3n) is 3.79. The molecule has 0 bridgehead atoms. The highest BCUT2D eigenvalue weighted by Gasteiger charge is 2.27. The van der Waals surface area contributed by atoms with Crippen molar-refractivity contribution in [1.29, 1.82) is 0 Å². The van der Waals surface area contributed by atoms with Crippen LogP contribution in [0.4, 0.5) is 5.69 Å². The number of allylic oxidation sites excluding steroid dienone is 2. The van der Waals surface area contributed by atoms with Crippen LogP contribution in [-0.2, 0) is 19.1 Å². The molecule has 2 aromatic rings. The number of carbonyl (C=O) groups excluding carboxylic acids is 2. The van der Waals surface area contributed by atoms with Crippen LogP contribution in [0, 0.1) is 0 Å². The number of aromatic nitrogens is 1. The van der Waals surface area contributed by atoms with Crippen LogP contribution in [0.2, 0.25) is 0 Å². The van der Waals surface area contributed by atoms with Crippen LogP contribution >= 0.6 is 23.1 Å². The van der Waals surface area contributed by atoms with Gasteiger partial charge in [0.15, 0.2) is 4.34 Å². The zero-order valence-electron chi connectivity index (χ0n) is 15.1. The van der Waals surface area contributed by atoms with Gasteiger partial charge in [0.05, 0.1) is 30.0 Å². The lowest BCUT2D eigenvalue weighted by molar-refractivity contribution is -0.139. The monoisotopic (exact) mass is 402 g/mol. The molecule has 27 heavy (non-hydrogen) atoms. The van der Waals surface area contributed by atoms with Gasteiger partial charge >= 0.3 is 11.9 Å². The molecule has 2 heterocycles. The molecule has 0 N–H and O–H groups in total. The van der Waals surface area contributed by atoms with E-state index in [0.717, 1.165) is 26.0 Å². The summed E-state index contributed by atoms with van der Waals surface area (Å²) in [4.78, 5) is 30.9. The van der Waals surface area contributed by atoms with E-state index in [1.807, 2.05) is 18.2 Å². The molecule has 3 rings (SSSR count). The van der Waals surface area contributed by atoms with E-state index >= 15 is 0 Å². The van der Waals surface area contributed by atoms with Gasteiger partial charge in [0.2, 0.25) is 0 Å². The molecular weight excluding hydrogens is 384 g/mol. The number of esters is 2. The topological polar surface area (TPSA) is 68.7 Å². The number of fused-ring (bicyclic) bond motifs is 1. The van der Waals surface area contributed by atoms with Crippen LogP contribution < -0.4 is 4.90 Å². The summed E-state index contributed by atoms with van der Waals surface area (Å²) in [5.41, 5.74) is 1.84. The van der Waals surface area contributed by atoms with Crippen molar-refractivity contribution in [2.24, 2.45) is 0 Å². The average Bonchev–Trinajstić information content (AvgIpc) is 2.95. The van der Waals surface area contributed by atoms with Crippen LogP contribution in [0.25, 0.3) is 10.2 Å². The number of hydrogen-bond acceptors (Lipinski definition) is 8. The molecule has 0 atom stereocenters. The lowest BCUT2D eigenvalue weighted by Crippen LogP contribution is -2.26. The maximum Gasteiger partial charge on any atom is 0.355 e. The van der Waals surface area contributed by atoms with Gasteiger partial charge in [-0.2, -0.15) is 0 Å². The molecule has 1 aliphatic rings. The number of thiazole rings is 1. The van der Waals surface area contributed by atoms with Gasteiger partial charge in [0.1, 0.15) is 5.70 Å². The molecule has 0 unspecified atom stereocenters. The number of methoxy groups -OCH3 is 2. The second-order valence-corrected chi connectivity index (χ2v) is 7.92. The fourth-order valence-electron chi connectivity index (χ4n) is 2.59. The van der Waals surface area contributed by atoms with Crippen molar-refractivity contribution in [2.45, 2.75) is 11.3 Å². The Labute approximate surface area is 165 Å². The summed E-state index contributed by atoms with van der Waals surface area (Å²) in [5, 5.41) is 0. The minimum atomic E-state index is -0.627. The van der Waals surface area contributed by atoms with Crippen molar-refractivity contribution in [2.75, 3.05) is 24.9 Å². The van der Waals surface area contributed by atoms with Gasteiger partial charge in [-0.1, -0.05) is 24.8 Å². The van der Waals surface area contributed by atoms with Gasteiger partial charge < -0.3 is 14.4 Å². The van der Waals surface area contributed by atoms with Crippen LogP contribution in [0.5, 0.6) is 0 Å². The minimum Gasteiger partial charge on any atom is -0.465 e. The van der Waals surface area contributed by atoms with Crippen molar-refractivity contribution in [3.63, 3.8) is 0 Å². The highest BCUT2D eigenvalue weighted by atomic mass is 32.2. The van der Waals surface area contributed by atoms with Crippen molar-refractivity contribution < 1.29 is 19.1 Å². The van der Waals surface area contributed by atoms with E-state index in [4.69, 9.17) is 9.47 Å². The normalized spacial score (nSPS) is 13.8. The summed E-state index contributed by atoms with van der Waals surface area (Å²) in [6.07, 6.45) is 6.67. The van der Waals surface area contributed by atoms with E-state index in [1.54, 1.807) is 46.4 Å². The Hall–Kier alpha value is -2.58. The zero-order valence-corrected chi connectivity index (χ0v) is 16.7. The first kappa shape index (κ1) is 19.2. The van der Waals surface area contributed by atoms with Crippen molar-refractivity contribution in [1.82, 2.24) is 4.98 Å². The van der Waals surface area contributed by atoms with E-state index in [2.05, 4.69) is 11.9 Å². The molecule has 140 valence electrons. The number of ether oxygens (including phenoxy) is 2. The van der Waals surface area contributed by atoms with E-state index in [-0.39, 0.29) is 11.3 Å². The van der Waals surface area contributed by atoms with Gasteiger partial charge in [0, 0.05) is 11.9 Å². The largest absolute Gasteiger partial charge is 0.465 e. The molecule has 6 nitrogen and oxygen atoms in total. The van der Waals surface area contributed by atoms with Crippen LogP contribution in [0.3, 0.4) is 0 Å². The first-order valence-corrected chi connectivity index (χ1v) is 9.97. The first-order valence-electron chi connectivity index (χ1n) is 8.17. The third-order valence-corrected chi connectivity index (χ3v) is 5.83. The minimum absolute atomic E-state index is 0.0985. The van der Waals surface area contributed by atoms with E-state index in [1.165, 1.54) is 20.3 Å². The first-order chi connectivity index (χ1) is 13.1. The Bertz CT molecular complexity index is 975. The van der Waals surface area contributed by atoms with Gasteiger partial charge in [-0.3, -0.25) is 0 Å². The summed E-state index contributed by atoms with van der Waals surface area (Å²) in [6, 6.07) is 5.70. The van der Waals surface area contributed by atoms with Gasteiger partial charge in [-0.05, 0) is 36.1 Å². The lowest BCUT2D eigenvalue weighted by atomic mass is 10.1. The highest BCUT2D eigenvalue weighted by Crippen LogP contribution is 2.34.